The number of rotatable bonds is 1. The van der Waals surface area contributed by atoms with Crippen molar-refractivity contribution in [3.8, 4) is 0 Å². The highest BCUT2D eigenvalue weighted by Crippen LogP contribution is 2.17. The van der Waals surface area contributed by atoms with Gasteiger partial charge in [-0.05, 0) is 12.8 Å². The van der Waals surface area contributed by atoms with Crippen molar-refractivity contribution in [3.05, 3.63) is 0 Å². The second-order valence-corrected chi connectivity index (χ2v) is 2.68. The Morgan fingerprint density at radius 1 is 1.40 bits per heavy atom. The number of amides is 1. The molecule has 0 bridgehead atoms. The van der Waals surface area contributed by atoms with Gasteiger partial charge in [-0.1, -0.05) is 20.3 Å². The minimum absolute atomic E-state index is 0. The van der Waals surface area contributed by atoms with Crippen molar-refractivity contribution >= 4 is 5.91 Å². The molecule has 0 saturated heterocycles. The normalized spacial score (nSPS) is 18.1. The largest absolute Gasteiger partial charge is 0.354 e. The van der Waals surface area contributed by atoms with Crippen LogP contribution in [0, 0.1) is 0 Å². The lowest BCUT2D eigenvalue weighted by molar-refractivity contribution is -0.119. The highest BCUT2D eigenvalue weighted by Gasteiger charge is 2.14. The average Bonchev–Trinajstić information content (AvgIpc) is 2.15. The van der Waals surface area contributed by atoms with Gasteiger partial charge in [-0.3, -0.25) is 4.79 Å². The molecule has 1 rings (SSSR count). The van der Waals surface area contributed by atoms with Gasteiger partial charge in [0, 0.05) is 13.0 Å². The summed E-state index contributed by atoms with van der Waals surface area (Å²) in [5.74, 6) is 0.113. The summed E-state index contributed by atoms with van der Waals surface area (Å²) >= 11 is 0. The zero-order valence-electron chi connectivity index (χ0n) is 5.81. The Labute approximate surface area is 63.0 Å². The predicted octanol–water partition coefficient (Wildman–Crippen LogP) is 1.70. The van der Waals surface area contributed by atoms with Crippen LogP contribution in [0.3, 0.4) is 0 Å². The van der Waals surface area contributed by atoms with E-state index in [0.29, 0.717) is 6.04 Å². The molecular formula is C8H17NO. The van der Waals surface area contributed by atoms with Crippen LogP contribution >= 0.6 is 0 Å². The molecule has 2 nitrogen and oxygen atoms in total. The highest BCUT2D eigenvalue weighted by molar-refractivity contribution is 5.73. The molecule has 1 saturated carbocycles. The van der Waals surface area contributed by atoms with Gasteiger partial charge in [-0.2, -0.15) is 0 Å². The quantitative estimate of drug-likeness (QED) is 0.594. The van der Waals surface area contributed by atoms with Crippen LogP contribution in [0.25, 0.3) is 0 Å². The summed E-state index contributed by atoms with van der Waals surface area (Å²) in [5.41, 5.74) is 0. The summed E-state index contributed by atoms with van der Waals surface area (Å²) in [7, 11) is 0. The summed E-state index contributed by atoms with van der Waals surface area (Å²) in [4.78, 5) is 10.5. The molecule has 0 aromatic rings. The van der Waals surface area contributed by atoms with Crippen molar-refractivity contribution in [1.82, 2.24) is 5.32 Å². The van der Waals surface area contributed by atoms with E-state index in [9.17, 15) is 4.79 Å². The Morgan fingerprint density at radius 2 is 1.90 bits per heavy atom. The van der Waals surface area contributed by atoms with Crippen molar-refractivity contribution in [2.45, 2.75) is 46.1 Å². The van der Waals surface area contributed by atoms with E-state index in [1.807, 2.05) is 0 Å². The minimum Gasteiger partial charge on any atom is -0.354 e. The van der Waals surface area contributed by atoms with Crippen molar-refractivity contribution in [3.63, 3.8) is 0 Å². The summed E-state index contributed by atoms with van der Waals surface area (Å²) in [6.07, 6.45) is 4.93. The van der Waals surface area contributed by atoms with Gasteiger partial charge >= 0.3 is 0 Å². The number of carbonyl (C=O) groups excluding carboxylic acids is 1. The first-order valence-corrected chi connectivity index (χ1v) is 3.56. The van der Waals surface area contributed by atoms with Gasteiger partial charge in [0.2, 0.25) is 5.91 Å². The zero-order valence-corrected chi connectivity index (χ0v) is 5.81. The van der Waals surface area contributed by atoms with E-state index >= 15 is 0 Å². The first-order valence-electron chi connectivity index (χ1n) is 3.56. The van der Waals surface area contributed by atoms with Crippen LogP contribution in [0.2, 0.25) is 0 Å². The Balaban J connectivity index is 0.000000810. The Kier molecular flexibility index (Phi) is 4.08. The lowest BCUT2D eigenvalue weighted by Crippen LogP contribution is -2.30. The fourth-order valence-corrected chi connectivity index (χ4v) is 1.36. The third-order valence-electron chi connectivity index (χ3n) is 1.76. The molecule has 0 spiro atoms. The van der Waals surface area contributed by atoms with E-state index < -0.39 is 0 Å². The molecule has 0 aromatic carbocycles. The molecule has 0 unspecified atom stereocenters. The molecule has 60 valence electrons. The molecule has 0 heterocycles. The molecule has 2 heteroatoms. The van der Waals surface area contributed by atoms with Gasteiger partial charge in [-0.25, -0.2) is 0 Å². The number of hydrogen-bond donors (Lipinski definition) is 1. The van der Waals surface area contributed by atoms with Crippen LogP contribution in [-0.2, 0) is 4.79 Å². The Bertz CT molecular complexity index is 106. The molecule has 0 atom stereocenters. The van der Waals surface area contributed by atoms with E-state index in [-0.39, 0.29) is 13.3 Å². The smallest absolute Gasteiger partial charge is 0.217 e. The van der Waals surface area contributed by atoms with Gasteiger partial charge in [0.15, 0.2) is 0 Å². The van der Waals surface area contributed by atoms with Crippen LogP contribution in [0.1, 0.15) is 40.0 Å². The fourth-order valence-electron chi connectivity index (χ4n) is 1.36. The van der Waals surface area contributed by atoms with Crippen molar-refractivity contribution in [2.24, 2.45) is 0 Å². The van der Waals surface area contributed by atoms with Crippen molar-refractivity contribution in [2.75, 3.05) is 0 Å². The summed E-state index contributed by atoms with van der Waals surface area (Å²) in [6, 6.07) is 0.488. The van der Waals surface area contributed by atoms with Crippen LogP contribution in [-0.4, -0.2) is 11.9 Å². The second kappa shape index (κ2) is 4.31. The average molecular weight is 143 g/mol. The molecule has 0 aromatic heterocycles. The van der Waals surface area contributed by atoms with Crippen molar-refractivity contribution < 1.29 is 4.79 Å². The standard InChI is InChI=1S/C7H13NO.CH4/c1-6(9)8-7-4-2-3-5-7;/h7H,2-5H2,1H3,(H,8,9);1H4. The number of carbonyl (C=O) groups is 1. The van der Waals surface area contributed by atoms with Gasteiger partial charge in [0.1, 0.15) is 0 Å². The van der Waals surface area contributed by atoms with Crippen molar-refractivity contribution in [1.29, 1.82) is 0 Å². The monoisotopic (exact) mass is 143 g/mol. The van der Waals surface area contributed by atoms with Gasteiger partial charge in [-0.15, -0.1) is 0 Å². The summed E-state index contributed by atoms with van der Waals surface area (Å²) < 4.78 is 0. The number of nitrogens with one attached hydrogen (secondary N) is 1. The molecule has 1 aliphatic carbocycles. The predicted molar refractivity (Wildman–Crippen MR) is 42.8 cm³/mol. The van der Waals surface area contributed by atoms with Gasteiger partial charge in [0.05, 0.1) is 0 Å². The lowest BCUT2D eigenvalue weighted by Gasteiger charge is -2.07. The zero-order chi connectivity index (χ0) is 6.69. The summed E-state index contributed by atoms with van der Waals surface area (Å²) in [5, 5.41) is 2.90. The molecular weight excluding hydrogens is 126 g/mol. The first-order chi connectivity index (χ1) is 4.29. The molecule has 10 heavy (non-hydrogen) atoms. The van der Waals surface area contributed by atoms with Crippen LogP contribution in [0.5, 0.6) is 0 Å². The maximum Gasteiger partial charge on any atom is 0.217 e. The first kappa shape index (κ1) is 9.47. The van der Waals surface area contributed by atoms with E-state index in [1.54, 1.807) is 6.92 Å². The summed E-state index contributed by atoms with van der Waals surface area (Å²) in [6.45, 7) is 1.58. The minimum atomic E-state index is 0. The Hall–Kier alpha value is -0.530. The molecule has 1 fully saturated rings. The van der Waals surface area contributed by atoms with E-state index in [1.165, 1.54) is 25.7 Å². The molecule has 0 aliphatic heterocycles. The molecule has 1 N–H and O–H groups in total. The van der Waals surface area contributed by atoms with Crippen LogP contribution in [0.15, 0.2) is 0 Å². The molecule has 0 radical (unpaired) electrons. The van der Waals surface area contributed by atoms with E-state index in [2.05, 4.69) is 5.32 Å². The maximum atomic E-state index is 10.5. The van der Waals surface area contributed by atoms with E-state index in [0.717, 1.165) is 0 Å². The topological polar surface area (TPSA) is 29.1 Å². The maximum absolute atomic E-state index is 10.5. The number of hydrogen-bond acceptors (Lipinski definition) is 1. The van der Waals surface area contributed by atoms with Gasteiger partial charge in [0.25, 0.3) is 0 Å². The fraction of sp³-hybridized carbons (Fsp3) is 0.875. The molecule has 1 aliphatic rings. The third-order valence-corrected chi connectivity index (χ3v) is 1.76. The van der Waals surface area contributed by atoms with Crippen LogP contribution in [0.4, 0.5) is 0 Å². The van der Waals surface area contributed by atoms with Crippen LogP contribution < -0.4 is 5.32 Å². The van der Waals surface area contributed by atoms with E-state index in [4.69, 9.17) is 0 Å². The highest BCUT2D eigenvalue weighted by atomic mass is 16.1. The second-order valence-electron chi connectivity index (χ2n) is 2.68. The molecule has 1 amide bonds. The third kappa shape index (κ3) is 2.85. The Morgan fingerprint density at radius 3 is 2.30 bits per heavy atom. The van der Waals surface area contributed by atoms with Gasteiger partial charge < -0.3 is 5.32 Å². The lowest BCUT2D eigenvalue weighted by atomic mass is 10.2. The SMILES string of the molecule is C.CC(=O)NC1CCCC1.